The number of nitrogens with two attached hydrogens (primary N) is 1. The minimum absolute atomic E-state index is 0.0976. The lowest BCUT2D eigenvalue weighted by Gasteiger charge is -2.30. The van der Waals surface area contributed by atoms with Crippen LogP contribution in [0.3, 0.4) is 0 Å². The van der Waals surface area contributed by atoms with Crippen molar-refractivity contribution in [1.29, 1.82) is 0 Å². The van der Waals surface area contributed by atoms with Gasteiger partial charge in [0.15, 0.2) is 5.13 Å². The number of esters is 1. The summed E-state index contributed by atoms with van der Waals surface area (Å²) in [6, 6.07) is 0. The van der Waals surface area contributed by atoms with Crippen LogP contribution in [-0.4, -0.2) is 42.0 Å². The molecule has 0 aliphatic carbocycles. The van der Waals surface area contributed by atoms with Crippen molar-refractivity contribution in [3.05, 3.63) is 11.1 Å². The van der Waals surface area contributed by atoms with Crippen LogP contribution in [-0.2, 0) is 9.53 Å². The van der Waals surface area contributed by atoms with E-state index >= 15 is 0 Å². The van der Waals surface area contributed by atoms with E-state index in [4.69, 9.17) is 10.5 Å². The molecule has 7 heteroatoms. The predicted molar refractivity (Wildman–Crippen MR) is 67.2 cm³/mol. The van der Waals surface area contributed by atoms with Crippen molar-refractivity contribution in [3.63, 3.8) is 0 Å². The highest BCUT2D eigenvalue weighted by Gasteiger charge is 2.29. The van der Waals surface area contributed by atoms with Gasteiger partial charge in [-0.1, -0.05) is 0 Å². The van der Waals surface area contributed by atoms with Gasteiger partial charge in [-0.3, -0.25) is 9.59 Å². The maximum Gasteiger partial charge on any atom is 0.308 e. The van der Waals surface area contributed by atoms with Gasteiger partial charge in [0.25, 0.3) is 5.91 Å². The molecule has 98 valence electrons. The number of ether oxygens (including phenoxy) is 1. The van der Waals surface area contributed by atoms with E-state index in [9.17, 15) is 9.59 Å². The number of carbonyl (C=O) groups is 2. The van der Waals surface area contributed by atoms with Gasteiger partial charge in [-0.15, -0.1) is 11.3 Å². The Morgan fingerprint density at radius 1 is 1.50 bits per heavy atom. The maximum absolute atomic E-state index is 12.1. The fourth-order valence-corrected chi connectivity index (χ4v) is 2.57. The topological polar surface area (TPSA) is 85.5 Å². The number of rotatable bonds is 2. The molecule has 0 radical (unpaired) electrons. The van der Waals surface area contributed by atoms with Crippen LogP contribution in [0.1, 0.15) is 23.3 Å². The first-order chi connectivity index (χ1) is 8.61. The molecule has 2 heterocycles. The number of likely N-dealkylation sites (tertiary alicyclic amines) is 1. The molecule has 1 aliphatic rings. The third-order valence-corrected chi connectivity index (χ3v) is 3.73. The fraction of sp³-hybridized carbons (Fsp3) is 0.545. The second-order valence-electron chi connectivity index (χ2n) is 4.16. The van der Waals surface area contributed by atoms with E-state index in [1.54, 1.807) is 10.3 Å². The molecule has 18 heavy (non-hydrogen) atoms. The van der Waals surface area contributed by atoms with Crippen LogP contribution in [0.2, 0.25) is 0 Å². The van der Waals surface area contributed by atoms with Crippen LogP contribution in [0, 0.1) is 5.92 Å². The Morgan fingerprint density at radius 3 is 2.67 bits per heavy atom. The molecule has 0 saturated carbocycles. The van der Waals surface area contributed by atoms with E-state index in [1.807, 2.05) is 0 Å². The quantitative estimate of drug-likeness (QED) is 0.801. The molecule has 0 aromatic carbocycles. The molecule has 0 unspecified atom stereocenters. The lowest BCUT2D eigenvalue weighted by atomic mass is 9.97. The van der Waals surface area contributed by atoms with Gasteiger partial charge in [-0.05, 0) is 12.8 Å². The summed E-state index contributed by atoms with van der Waals surface area (Å²) in [5.41, 5.74) is 5.88. The van der Waals surface area contributed by atoms with Gasteiger partial charge in [-0.25, -0.2) is 4.98 Å². The van der Waals surface area contributed by atoms with Crippen molar-refractivity contribution in [2.45, 2.75) is 12.8 Å². The number of anilines is 1. The number of thiazole rings is 1. The molecular formula is C11H15N3O3S. The second-order valence-corrected chi connectivity index (χ2v) is 5.05. The van der Waals surface area contributed by atoms with Crippen molar-refractivity contribution in [3.8, 4) is 0 Å². The lowest BCUT2D eigenvalue weighted by Crippen LogP contribution is -2.40. The second kappa shape index (κ2) is 5.34. The molecule has 1 fully saturated rings. The van der Waals surface area contributed by atoms with Gasteiger partial charge in [0.1, 0.15) is 5.69 Å². The van der Waals surface area contributed by atoms with Crippen LogP contribution in [0.5, 0.6) is 0 Å². The predicted octanol–water partition coefficient (Wildman–Crippen LogP) is 0.751. The SMILES string of the molecule is COC(=O)C1CCN(C(=O)c2csc(N)n2)CC1. The molecule has 1 aliphatic heterocycles. The number of piperidine rings is 1. The summed E-state index contributed by atoms with van der Waals surface area (Å²) < 4.78 is 4.70. The van der Waals surface area contributed by atoms with Crippen molar-refractivity contribution in [2.75, 3.05) is 25.9 Å². The zero-order chi connectivity index (χ0) is 13.1. The van der Waals surface area contributed by atoms with E-state index < -0.39 is 0 Å². The average Bonchev–Trinajstić information content (AvgIpc) is 2.84. The number of methoxy groups -OCH3 is 1. The summed E-state index contributed by atoms with van der Waals surface area (Å²) in [6.07, 6.45) is 1.27. The smallest absolute Gasteiger partial charge is 0.308 e. The first kappa shape index (κ1) is 12.8. The fourth-order valence-electron chi connectivity index (χ4n) is 2.03. The number of hydrogen-bond donors (Lipinski definition) is 1. The van der Waals surface area contributed by atoms with Gasteiger partial charge < -0.3 is 15.4 Å². The Balaban J connectivity index is 1.94. The number of carbonyl (C=O) groups excluding carboxylic acids is 2. The van der Waals surface area contributed by atoms with E-state index in [0.29, 0.717) is 36.8 Å². The lowest BCUT2D eigenvalue weighted by molar-refractivity contribution is -0.146. The molecule has 1 saturated heterocycles. The Labute approximate surface area is 109 Å². The highest BCUT2D eigenvalue weighted by atomic mass is 32.1. The van der Waals surface area contributed by atoms with Crippen molar-refractivity contribution >= 4 is 28.3 Å². The summed E-state index contributed by atoms with van der Waals surface area (Å²) in [5, 5.41) is 2.05. The molecule has 6 nitrogen and oxygen atoms in total. The summed E-state index contributed by atoms with van der Waals surface area (Å²) >= 11 is 1.25. The number of nitrogens with zero attached hydrogens (tertiary/aromatic N) is 2. The van der Waals surface area contributed by atoms with Gasteiger partial charge in [0.05, 0.1) is 13.0 Å². The van der Waals surface area contributed by atoms with Crippen LogP contribution < -0.4 is 5.73 Å². The van der Waals surface area contributed by atoms with Gasteiger partial charge in [0.2, 0.25) is 0 Å². The van der Waals surface area contributed by atoms with Crippen LogP contribution in [0.15, 0.2) is 5.38 Å². The highest BCUT2D eigenvalue weighted by Crippen LogP contribution is 2.21. The molecule has 0 bridgehead atoms. The molecule has 2 rings (SSSR count). The van der Waals surface area contributed by atoms with Gasteiger partial charge >= 0.3 is 5.97 Å². The number of nitrogen functional groups attached to an aromatic ring is 1. The minimum atomic E-state index is -0.194. The first-order valence-electron chi connectivity index (χ1n) is 5.70. The number of hydrogen-bond acceptors (Lipinski definition) is 6. The molecule has 2 N–H and O–H groups in total. The first-order valence-corrected chi connectivity index (χ1v) is 6.58. The van der Waals surface area contributed by atoms with Crippen molar-refractivity contribution in [1.82, 2.24) is 9.88 Å². The van der Waals surface area contributed by atoms with Gasteiger partial charge in [0, 0.05) is 18.5 Å². The van der Waals surface area contributed by atoms with E-state index in [0.717, 1.165) is 0 Å². The highest BCUT2D eigenvalue weighted by molar-refractivity contribution is 7.13. The minimum Gasteiger partial charge on any atom is -0.469 e. The number of aromatic nitrogens is 1. The molecule has 1 aromatic heterocycles. The molecule has 1 amide bonds. The van der Waals surface area contributed by atoms with E-state index in [2.05, 4.69) is 4.98 Å². The van der Waals surface area contributed by atoms with Crippen molar-refractivity contribution < 1.29 is 14.3 Å². The van der Waals surface area contributed by atoms with Gasteiger partial charge in [-0.2, -0.15) is 0 Å². The molecule has 0 atom stereocenters. The standard InChI is InChI=1S/C11H15N3O3S/c1-17-10(16)7-2-4-14(5-3-7)9(15)8-6-18-11(12)13-8/h6-7H,2-5H2,1H3,(H2,12,13). The monoisotopic (exact) mass is 269 g/mol. The molecular weight excluding hydrogens is 254 g/mol. The Kier molecular flexibility index (Phi) is 3.81. The summed E-state index contributed by atoms with van der Waals surface area (Å²) in [6.45, 7) is 1.10. The normalized spacial score (nSPS) is 16.6. The third kappa shape index (κ3) is 2.61. The Bertz CT molecular complexity index is 452. The summed E-state index contributed by atoms with van der Waals surface area (Å²) in [7, 11) is 1.39. The number of amides is 1. The molecule has 1 aromatic rings. The largest absolute Gasteiger partial charge is 0.469 e. The molecule has 0 spiro atoms. The zero-order valence-corrected chi connectivity index (χ0v) is 10.9. The summed E-state index contributed by atoms with van der Waals surface area (Å²) in [5.74, 6) is -0.411. The van der Waals surface area contributed by atoms with Crippen LogP contribution >= 0.6 is 11.3 Å². The zero-order valence-electron chi connectivity index (χ0n) is 10.1. The van der Waals surface area contributed by atoms with E-state index in [-0.39, 0.29) is 17.8 Å². The maximum atomic E-state index is 12.1. The average molecular weight is 269 g/mol. The Hall–Kier alpha value is -1.63. The van der Waals surface area contributed by atoms with Crippen LogP contribution in [0.25, 0.3) is 0 Å². The Morgan fingerprint density at radius 2 is 2.17 bits per heavy atom. The van der Waals surface area contributed by atoms with Crippen LogP contribution in [0.4, 0.5) is 5.13 Å². The van der Waals surface area contributed by atoms with E-state index in [1.165, 1.54) is 18.4 Å². The third-order valence-electron chi connectivity index (χ3n) is 3.06. The summed E-state index contributed by atoms with van der Waals surface area (Å²) in [4.78, 5) is 29.1. The van der Waals surface area contributed by atoms with Crippen molar-refractivity contribution in [2.24, 2.45) is 5.92 Å².